The number of hydrogen-bond donors (Lipinski definition) is 1. The summed E-state index contributed by atoms with van der Waals surface area (Å²) in [4.78, 5) is 19.5. The van der Waals surface area contributed by atoms with E-state index in [0.717, 1.165) is 30.5 Å². The third kappa shape index (κ3) is 2.21. The van der Waals surface area contributed by atoms with Crippen LogP contribution in [0.2, 0.25) is 0 Å². The minimum Gasteiger partial charge on any atom is -0.300 e. The van der Waals surface area contributed by atoms with Gasteiger partial charge in [0, 0.05) is 23.5 Å². The van der Waals surface area contributed by atoms with E-state index in [4.69, 9.17) is 0 Å². The Morgan fingerprint density at radius 2 is 2.10 bits per heavy atom. The molecule has 2 aromatic heterocycles. The molecule has 2 aromatic rings. The Morgan fingerprint density at radius 3 is 2.86 bits per heavy atom. The molecule has 0 bridgehead atoms. The third-order valence-corrected chi connectivity index (χ3v) is 4.78. The number of nitrogens with zero attached hydrogens (tertiary/aromatic N) is 3. The molecule has 1 aliphatic heterocycles. The fourth-order valence-electron chi connectivity index (χ4n) is 3.65. The van der Waals surface area contributed by atoms with Crippen LogP contribution in [0.25, 0.3) is 5.82 Å². The first-order chi connectivity index (χ1) is 10.3. The summed E-state index contributed by atoms with van der Waals surface area (Å²) in [6, 6.07) is 6.17. The highest BCUT2D eigenvalue weighted by molar-refractivity contribution is 5.28. The maximum absolute atomic E-state index is 12.6. The van der Waals surface area contributed by atoms with Crippen LogP contribution >= 0.6 is 0 Å². The minimum absolute atomic E-state index is 0.0765. The third-order valence-electron chi connectivity index (χ3n) is 4.78. The molecule has 0 saturated carbocycles. The van der Waals surface area contributed by atoms with Gasteiger partial charge in [-0.3, -0.25) is 9.89 Å². The highest BCUT2D eigenvalue weighted by Gasteiger charge is 2.29. The number of rotatable bonds is 2. The summed E-state index contributed by atoms with van der Waals surface area (Å²) in [5.74, 6) is 0.676. The number of fused-ring (bicyclic) bond motifs is 1. The standard InChI is InChI=1S/C16H20N4O/c21-16-13-11-12(19-9-3-4-10-19)6-7-14(13)18-20(16)15-5-1-2-8-17-15/h1-2,5,8,12,18H,3-4,6-7,9-11H2. The normalized spacial score (nSPS) is 22.4. The summed E-state index contributed by atoms with van der Waals surface area (Å²) in [5, 5.41) is 3.25. The molecule has 1 atom stereocenters. The van der Waals surface area contributed by atoms with E-state index in [1.165, 1.54) is 25.9 Å². The Morgan fingerprint density at radius 1 is 1.24 bits per heavy atom. The van der Waals surface area contributed by atoms with E-state index in [-0.39, 0.29) is 5.56 Å². The van der Waals surface area contributed by atoms with E-state index < -0.39 is 0 Å². The molecule has 5 heteroatoms. The van der Waals surface area contributed by atoms with Crippen LogP contribution in [-0.2, 0) is 12.8 Å². The summed E-state index contributed by atoms with van der Waals surface area (Å²) in [5.41, 5.74) is 2.14. The van der Waals surface area contributed by atoms with Gasteiger partial charge in [0.1, 0.15) is 0 Å². The molecule has 1 unspecified atom stereocenters. The van der Waals surface area contributed by atoms with Gasteiger partial charge in [-0.05, 0) is 57.3 Å². The monoisotopic (exact) mass is 284 g/mol. The van der Waals surface area contributed by atoms with Gasteiger partial charge in [-0.15, -0.1) is 0 Å². The molecular weight excluding hydrogens is 264 g/mol. The molecule has 2 aliphatic rings. The number of aromatic nitrogens is 3. The van der Waals surface area contributed by atoms with E-state index in [2.05, 4.69) is 15.0 Å². The van der Waals surface area contributed by atoms with Crippen molar-refractivity contribution in [3.05, 3.63) is 46.0 Å². The highest BCUT2D eigenvalue weighted by atomic mass is 16.1. The summed E-state index contributed by atoms with van der Waals surface area (Å²) in [6.45, 7) is 2.39. The average Bonchev–Trinajstić information content (AvgIpc) is 3.17. The number of pyridine rings is 1. The van der Waals surface area contributed by atoms with Crippen molar-refractivity contribution in [2.24, 2.45) is 0 Å². The van der Waals surface area contributed by atoms with Gasteiger partial charge < -0.3 is 4.90 Å². The van der Waals surface area contributed by atoms with Crippen molar-refractivity contribution in [1.82, 2.24) is 19.7 Å². The van der Waals surface area contributed by atoms with Crippen LogP contribution in [-0.4, -0.2) is 38.8 Å². The van der Waals surface area contributed by atoms with Gasteiger partial charge in [0.25, 0.3) is 5.56 Å². The molecule has 1 N–H and O–H groups in total. The zero-order valence-electron chi connectivity index (χ0n) is 12.1. The maximum atomic E-state index is 12.6. The van der Waals surface area contributed by atoms with Crippen LogP contribution in [0.15, 0.2) is 29.2 Å². The van der Waals surface area contributed by atoms with Crippen LogP contribution in [0.4, 0.5) is 0 Å². The second-order valence-corrected chi connectivity index (χ2v) is 6.04. The quantitative estimate of drug-likeness (QED) is 0.909. The van der Waals surface area contributed by atoms with Crippen molar-refractivity contribution in [3.8, 4) is 5.82 Å². The van der Waals surface area contributed by atoms with Crippen molar-refractivity contribution >= 4 is 0 Å². The molecule has 1 fully saturated rings. The molecule has 21 heavy (non-hydrogen) atoms. The molecule has 4 rings (SSSR count). The van der Waals surface area contributed by atoms with E-state index >= 15 is 0 Å². The Labute approximate surface area is 123 Å². The van der Waals surface area contributed by atoms with E-state index in [0.29, 0.717) is 11.9 Å². The number of aromatic amines is 1. The molecule has 0 amide bonds. The maximum Gasteiger partial charge on any atom is 0.276 e. The van der Waals surface area contributed by atoms with Gasteiger partial charge in [-0.1, -0.05) is 6.07 Å². The molecular formula is C16H20N4O. The number of hydrogen-bond acceptors (Lipinski definition) is 3. The second-order valence-electron chi connectivity index (χ2n) is 6.04. The Kier molecular flexibility index (Phi) is 3.15. The Bertz CT molecular complexity index is 682. The predicted molar refractivity (Wildman–Crippen MR) is 80.8 cm³/mol. The highest BCUT2D eigenvalue weighted by Crippen LogP contribution is 2.24. The van der Waals surface area contributed by atoms with Crippen LogP contribution in [0.1, 0.15) is 30.5 Å². The molecule has 3 heterocycles. The Balaban J connectivity index is 1.66. The van der Waals surface area contributed by atoms with Crippen LogP contribution < -0.4 is 5.56 Å². The van der Waals surface area contributed by atoms with Gasteiger partial charge in [-0.2, -0.15) is 0 Å². The predicted octanol–water partition coefficient (Wildman–Crippen LogP) is 1.51. The lowest BCUT2D eigenvalue weighted by Crippen LogP contribution is -2.38. The van der Waals surface area contributed by atoms with Crippen molar-refractivity contribution < 1.29 is 0 Å². The van der Waals surface area contributed by atoms with Crippen molar-refractivity contribution in [3.63, 3.8) is 0 Å². The number of H-pyrrole nitrogens is 1. The van der Waals surface area contributed by atoms with Gasteiger partial charge in [0.2, 0.25) is 0 Å². The summed E-state index contributed by atoms with van der Waals surface area (Å²) in [6.07, 6.45) is 7.31. The number of likely N-dealkylation sites (tertiary alicyclic amines) is 1. The zero-order valence-corrected chi connectivity index (χ0v) is 12.1. The lowest BCUT2D eigenvalue weighted by Gasteiger charge is -2.30. The van der Waals surface area contributed by atoms with Crippen LogP contribution in [0.3, 0.4) is 0 Å². The van der Waals surface area contributed by atoms with Crippen molar-refractivity contribution in [2.45, 2.75) is 38.1 Å². The fraction of sp³-hybridized carbons (Fsp3) is 0.500. The molecule has 0 radical (unpaired) electrons. The second kappa shape index (κ2) is 5.15. The average molecular weight is 284 g/mol. The minimum atomic E-state index is 0.0765. The molecule has 5 nitrogen and oxygen atoms in total. The SMILES string of the molecule is O=c1c2c([nH]n1-c1ccccn1)CCC(N1CCCC1)C2. The Hall–Kier alpha value is -1.88. The summed E-state index contributed by atoms with van der Waals surface area (Å²) in [7, 11) is 0. The fourth-order valence-corrected chi connectivity index (χ4v) is 3.65. The first-order valence-electron chi connectivity index (χ1n) is 7.81. The first kappa shape index (κ1) is 12.8. The van der Waals surface area contributed by atoms with Gasteiger partial charge in [0.15, 0.2) is 5.82 Å². The first-order valence-corrected chi connectivity index (χ1v) is 7.81. The molecule has 1 aliphatic carbocycles. The zero-order chi connectivity index (χ0) is 14.2. The number of aryl methyl sites for hydroxylation is 1. The van der Waals surface area contributed by atoms with Gasteiger partial charge >= 0.3 is 0 Å². The largest absolute Gasteiger partial charge is 0.300 e. The molecule has 110 valence electrons. The van der Waals surface area contributed by atoms with E-state index in [1.54, 1.807) is 10.9 Å². The van der Waals surface area contributed by atoms with Crippen LogP contribution in [0.5, 0.6) is 0 Å². The summed E-state index contributed by atoms with van der Waals surface area (Å²) >= 11 is 0. The van der Waals surface area contributed by atoms with E-state index in [9.17, 15) is 4.79 Å². The lowest BCUT2D eigenvalue weighted by atomic mass is 9.92. The molecule has 0 aromatic carbocycles. The van der Waals surface area contributed by atoms with Gasteiger partial charge in [-0.25, -0.2) is 9.67 Å². The summed E-state index contributed by atoms with van der Waals surface area (Å²) < 4.78 is 1.59. The van der Waals surface area contributed by atoms with Crippen molar-refractivity contribution in [2.75, 3.05) is 13.1 Å². The van der Waals surface area contributed by atoms with Gasteiger partial charge in [0.05, 0.1) is 0 Å². The van der Waals surface area contributed by atoms with Crippen LogP contribution in [0, 0.1) is 0 Å². The number of nitrogens with one attached hydrogen (secondary N) is 1. The molecule has 0 spiro atoms. The lowest BCUT2D eigenvalue weighted by molar-refractivity contribution is 0.221. The van der Waals surface area contributed by atoms with Crippen molar-refractivity contribution in [1.29, 1.82) is 0 Å². The smallest absolute Gasteiger partial charge is 0.276 e. The molecule has 1 saturated heterocycles. The van der Waals surface area contributed by atoms with E-state index in [1.807, 2.05) is 18.2 Å². The topological polar surface area (TPSA) is 53.9 Å².